The van der Waals surface area contributed by atoms with Crippen LogP contribution in [0.4, 0.5) is 13.2 Å². The van der Waals surface area contributed by atoms with Gasteiger partial charge < -0.3 is 4.74 Å². The number of fused-ring (bicyclic) bond motifs is 2. The molecule has 3 aromatic rings. The van der Waals surface area contributed by atoms with Gasteiger partial charge in [-0.15, -0.1) is 0 Å². The fourth-order valence-corrected chi connectivity index (χ4v) is 4.86. The summed E-state index contributed by atoms with van der Waals surface area (Å²) < 4.78 is 51.3. The number of hydrogen-bond donors (Lipinski definition) is 0. The predicted molar refractivity (Wildman–Crippen MR) is 109 cm³/mol. The number of halogens is 3. The van der Waals surface area contributed by atoms with Gasteiger partial charge in [0, 0.05) is 24.6 Å². The molecule has 1 aliphatic heterocycles. The Labute approximate surface area is 177 Å². The summed E-state index contributed by atoms with van der Waals surface area (Å²) in [6, 6.07) is 8.08. The molecule has 0 spiro atoms. The summed E-state index contributed by atoms with van der Waals surface area (Å²) in [6.07, 6.45) is -1.15. The van der Waals surface area contributed by atoms with E-state index in [0.717, 1.165) is 40.1 Å². The molecule has 3 unspecified atom stereocenters. The van der Waals surface area contributed by atoms with E-state index in [4.69, 9.17) is 4.74 Å². The summed E-state index contributed by atoms with van der Waals surface area (Å²) in [5.74, 6) is -0.0820. The molecule has 158 valence electrons. The van der Waals surface area contributed by atoms with Crippen LogP contribution in [-0.4, -0.2) is 16.0 Å². The van der Waals surface area contributed by atoms with E-state index < -0.39 is 24.3 Å². The first-order valence-corrected chi connectivity index (χ1v) is 10.3. The zero-order chi connectivity index (χ0) is 21.9. The van der Waals surface area contributed by atoms with Crippen LogP contribution in [0.25, 0.3) is 11.3 Å². The third-order valence-corrected chi connectivity index (χ3v) is 6.31. The molecule has 0 bridgehead atoms. The second-order valence-corrected chi connectivity index (χ2v) is 8.09. The van der Waals surface area contributed by atoms with E-state index in [1.807, 2.05) is 18.2 Å². The molecule has 0 saturated heterocycles. The quantitative estimate of drug-likeness (QED) is 0.562. The van der Waals surface area contributed by atoms with Crippen LogP contribution in [0, 0.1) is 17.1 Å². The molecule has 5 rings (SSSR count). The number of nitrogens with zero attached hydrogens (tertiary/aromatic N) is 3. The number of ether oxygens (including phenoxy) is 1. The molecule has 4 nitrogen and oxygen atoms in total. The smallest absolute Gasteiger partial charge is 0.166 e. The summed E-state index contributed by atoms with van der Waals surface area (Å²) in [5.41, 5.74) is 4.80. The number of hydrogen-bond acceptors (Lipinski definition) is 3. The fourth-order valence-electron chi connectivity index (χ4n) is 4.86. The van der Waals surface area contributed by atoms with Crippen molar-refractivity contribution in [1.29, 1.82) is 5.26 Å². The predicted octanol–water partition coefficient (Wildman–Crippen LogP) is 5.44. The maximum atomic E-state index is 15.0. The van der Waals surface area contributed by atoms with E-state index in [9.17, 15) is 18.4 Å². The van der Waals surface area contributed by atoms with Crippen molar-refractivity contribution in [2.75, 3.05) is 0 Å². The molecule has 2 heterocycles. The van der Waals surface area contributed by atoms with Crippen LogP contribution in [0.5, 0.6) is 5.75 Å². The lowest BCUT2D eigenvalue weighted by molar-refractivity contribution is 0.113. The molecule has 1 aromatic heterocycles. The number of aromatic nitrogens is 2. The van der Waals surface area contributed by atoms with Crippen LogP contribution in [0.3, 0.4) is 0 Å². The highest BCUT2D eigenvalue weighted by Gasteiger charge is 2.42. The van der Waals surface area contributed by atoms with Crippen molar-refractivity contribution in [2.24, 2.45) is 7.05 Å². The molecular formula is C24H20F3N3O. The lowest BCUT2D eigenvalue weighted by Gasteiger charge is -2.25. The lowest BCUT2D eigenvalue weighted by Crippen LogP contribution is -2.19. The highest BCUT2D eigenvalue weighted by atomic mass is 19.1. The summed E-state index contributed by atoms with van der Waals surface area (Å²) in [4.78, 5) is 0. The van der Waals surface area contributed by atoms with Crippen LogP contribution >= 0.6 is 0 Å². The van der Waals surface area contributed by atoms with Crippen LogP contribution in [0.1, 0.15) is 59.0 Å². The van der Waals surface area contributed by atoms with Gasteiger partial charge in [-0.1, -0.05) is 19.1 Å². The molecule has 0 saturated carbocycles. The maximum Gasteiger partial charge on any atom is 0.166 e. The van der Waals surface area contributed by atoms with Gasteiger partial charge in [0.15, 0.2) is 11.9 Å². The molecule has 31 heavy (non-hydrogen) atoms. The number of rotatable bonds is 4. The van der Waals surface area contributed by atoms with Crippen molar-refractivity contribution in [3.05, 3.63) is 69.7 Å². The van der Waals surface area contributed by atoms with Crippen LogP contribution in [0.15, 0.2) is 30.5 Å². The number of aryl methyl sites for hydroxylation is 1. The third-order valence-electron chi connectivity index (χ3n) is 6.31. The summed E-state index contributed by atoms with van der Waals surface area (Å²) >= 11 is 0. The van der Waals surface area contributed by atoms with E-state index >= 15 is 0 Å². The van der Waals surface area contributed by atoms with Gasteiger partial charge in [-0.05, 0) is 47.2 Å². The van der Waals surface area contributed by atoms with E-state index in [2.05, 4.69) is 5.10 Å². The Balaban J connectivity index is 1.66. The molecule has 0 radical (unpaired) electrons. The average molecular weight is 423 g/mol. The largest absolute Gasteiger partial charge is 0.479 e. The normalized spacial score (nSPS) is 19.4. The minimum Gasteiger partial charge on any atom is -0.479 e. The number of nitriles is 1. The Morgan fingerprint density at radius 3 is 2.90 bits per heavy atom. The van der Waals surface area contributed by atoms with Crippen LogP contribution in [-0.2, 0) is 19.9 Å². The molecule has 7 heteroatoms. The van der Waals surface area contributed by atoms with E-state index in [-0.39, 0.29) is 30.4 Å². The molecule has 0 amide bonds. The fraction of sp³-hybridized carbons (Fsp3) is 0.333. The van der Waals surface area contributed by atoms with Gasteiger partial charge in [0.05, 0.1) is 17.8 Å². The van der Waals surface area contributed by atoms with Crippen molar-refractivity contribution in [3.8, 4) is 23.1 Å². The Bertz CT molecular complexity index is 1240. The monoisotopic (exact) mass is 423 g/mol. The second kappa shape index (κ2) is 7.16. The van der Waals surface area contributed by atoms with Gasteiger partial charge >= 0.3 is 0 Å². The minimum absolute atomic E-state index is 0.104. The maximum absolute atomic E-state index is 15.0. The summed E-state index contributed by atoms with van der Waals surface area (Å²) in [6.45, 7) is 1.67. The summed E-state index contributed by atoms with van der Waals surface area (Å²) in [7, 11) is 1.81. The molecule has 2 aromatic carbocycles. The number of alkyl halides is 2. The van der Waals surface area contributed by atoms with E-state index in [0.29, 0.717) is 11.3 Å². The van der Waals surface area contributed by atoms with Gasteiger partial charge in [0.25, 0.3) is 0 Å². The van der Waals surface area contributed by atoms with Crippen LogP contribution < -0.4 is 4.74 Å². The first-order chi connectivity index (χ1) is 14.9. The first kappa shape index (κ1) is 19.7. The average Bonchev–Trinajstić information content (AvgIpc) is 3.31. The van der Waals surface area contributed by atoms with Crippen molar-refractivity contribution in [1.82, 2.24) is 9.78 Å². The Morgan fingerprint density at radius 1 is 1.35 bits per heavy atom. The Hall–Kier alpha value is -3.27. The van der Waals surface area contributed by atoms with Gasteiger partial charge in [-0.2, -0.15) is 10.4 Å². The minimum atomic E-state index is -1.38. The standard InChI is InChI=1S/C24H20F3N3O/c1-3-19(26)18-8-14(25)6-13(10-28)16(18)7-12-4-5-15-22-17(12)9-20(27)24(22)31-21-11-29-30(2)23(15)21/h4-6,8,11,19-20,24H,3,7,9H2,1-2H3. The third kappa shape index (κ3) is 2.93. The summed E-state index contributed by atoms with van der Waals surface area (Å²) in [5, 5.41) is 13.8. The van der Waals surface area contributed by atoms with Crippen LogP contribution in [0.2, 0.25) is 0 Å². The molecular weight excluding hydrogens is 403 g/mol. The van der Waals surface area contributed by atoms with Gasteiger partial charge in [0.1, 0.15) is 23.9 Å². The Morgan fingerprint density at radius 2 is 2.16 bits per heavy atom. The zero-order valence-corrected chi connectivity index (χ0v) is 17.1. The van der Waals surface area contributed by atoms with Gasteiger partial charge in [0.2, 0.25) is 0 Å². The Kier molecular flexibility index (Phi) is 4.54. The van der Waals surface area contributed by atoms with Crippen molar-refractivity contribution < 1.29 is 17.9 Å². The molecule has 1 aliphatic carbocycles. The zero-order valence-electron chi connectivity index (χ0n) is 17.1. The highest BCUT2D eigenvalue weighted by Crippen LogP contribution is 2.50. The topological polar surface area (TPSA) is 50.8 Å². The van der Waals surface area contributed by atoms with Gasteiger partial charge in [-0.25, -0.2) is 13.2 Å². The van der Waals surface area contributed by atoms with Gasteiger partial charge in [-0.3, -0.25) is 4.68 Å². The van der Waals surface area contributed by atoms with Crippen molar-refractivity contribution >= 4 is 0 Å². The lowest BCUT2D eigenvalue weighted by atomic mass is 9.87. The molecule has 0 fully saturated rings. The molecule has 0 N–H and O–H groups in total. The molecule has 3 atom stereocenters. The second-order valence-electron chi connectivity index (χ2n) is 8.09. The van der Waals surface area contributed by atoms with E-state index in [1.165, 1.54) is 0 Å². The van der Waals surface area contributed by atoms with Crippen molar-refractivity contribution in [3.63, 3.8) is 0 Å². The first-order valence-electron chi connectivity index (χ1n) is 10.3. The van der Waals surface area contributed by atoms with E-state index in [1.54, 1.807) is 24.9 Å². The molecule has 2 aliphatic rings. The number of benzene rings is 2. The highest BCUT2D eigenvalue weighted by molar-refractivity contribution is 5.76. The SMILES string of the molecule is CCC(F)c1cc(F)cc(C#N)c1Cc1ccc2c3c1CC(F)C3Oc1cnn(C)c1-2. The van der Waals surface area contributed by atoms with Crippen molar-refractivity contribution in [2.45, 2.75) is 44.6 Å².